The lowest BCUT2D eigenvalue weighted by molar-refractivity contribution is 0.0996. The average molecular weight is 397 g/mol. The van der Waals surface area contributed by atoms with Crippen molar-refractivity contribution < 1.29 is 18.3 Å². The fourth-order valence-electron chi connectivity index (χ4n) is 3.30. The molecule has 0 spiro atoms. The maximum atomic E-state index is 12.5. The summed E-state index contributed by atoms with van der Waals surface area (Å²) in [5, 5.41) is 13.8. The molecular formula is C20H19N3O4S. The van der Waals surface area contributed by atoms with Crippen LogP contribution in [0.3, 0.4) is 0 Å². The molecule has 0 saturated heterocycles. The number of aromatic nitrogens is 2. The Balaban J connectivity index is 2.15. The number of amides is 1. The van der Waals surface area contributed by atoms with E-state index in [4.69, 9.17) is 0 Å². The van der Waals surface area contributed by atoms with Gasteiger partial charge in [0.25, 0.3) is 0 Å². The molecule has 1 amide bonds. The molecular weight excluding hydrogens is 378 g/mol. The van der Waals surface area contributed by atoms with Gasteiger partial charge in [-0.05, 0) is 55.2 Å². The zero-order valence-electron chi connectivity index (χ0n) is 15.7. The lowest BCUT2D eigenvalue weighted by Gasteiger charge is -2.13. The Morgan fingerprint density at radius 1 is 1.11 bits per heavy atom. The van der Waals surface area contributed by atoms with Gasteiger partial charge >= 0.3 is 16.4 Å². The van der Waals surface area contributed by atoms with Gasteiger partial charge in [0, 0.05) is 5.56 Å². The minimum atomic E-state index is -2.87. The van der Waals surface area contributed by atoms with Crippen LogP contribution in [0.1, 0.15) is 32.7 Å². The molecule has 0 radical (unpaired) electrons. The summed E-state index contributed by atoms with van der Waals surface area (Å²) in [7, 11) is -2.87. The van der Waals surface area contributed by atoms with Crippen LogP contribution in [0.5, 0.6) is 5.75 Å². The number of phenolic OH excluding ortho intramolecular Hbond substituents is 1. The maximum Gasteiger partial charge on any atom is 0.319 e. The van der Waals surface area contributed by atoms with E-state index in [1.54, 1.807) is 12.1 Å². The van der Waals surface area contributed by atoms with Gasteiger partial charge < -0.3 is 5.11 Å². The lowest BCUT2D eigenvalue weighted by Crippen LogP contribution is -2.13. The molecule has 1 N–H and O–H groups in total. The molecule has 144 valence electrons. The Kier molecular flexibility index (Phi) is 5.41. The van der Waals surface area contributed by atoms with E-state index in [9.17, 15) is 18.3 Å². The van der Waals surface area contributed by atoms with Crippen molar-refractivity contribution in [3.05, 3.63) is 70.5 Å². The van der Waals surface area contributed by atoms with Crippen molar-refractivity contribution >= 4 is 16.4 Å². The summed E-state index contributed by atoms with van der Waals surface area (Å²) in [6.45, 7) is 6.28. The van der Waals surface area contributed by atoms with E-state index < -0.39 is 16.4 Å². The summed E-state index contributed by atoms with van der Waals surface area (Å²) in [6.07, 6.45) is 1.50. The second-order valence-electron chi connectivity index (χ2n) is 6.60. The van der Waals surface area contributed by atoms with Gasteiger partial charge in [-0.25, -0.2) is 0 Å². The second-order valence-corrected chi connectivity index (χ2v) is 7.22. The van der Waals surface area contributed by atoms with E-state index in [-0.39, 0.29) is 11.4 Å². The molecule has 0 aliphatic rings. The van der Waals surface area contributed by atoms with E-state index in [0.29, 0.717) is 17.7 Å². The normalized spacial score (nSPS) is 10.7. The van der Waals surface area contributed by atoms with Crippen LogP contribution in [0, 0.1) is 20.8 Å². The monoisotopic (exact) mass is 397 g/mol. The number of aromatic hydroxyl groups is 1. The quantitative estimate of drug-likeness (QED) is 0.727. The maximum absolute atomic E-state index is 12.5. The zero-order valence-corrected chi connectivity index (χ0v) is 16.5. The molecule has 8 heteroatoms. The molecule has 1 heterocycles. The third-order valence-corrected chi connectivity index (χ3v) is 4.84. The molecule has 2 aromatic carbocycles. The molecule has 3 aromatic rings. The van der Waals surface area contributed by atoms with E-state index >= 15 is 0 Å². The number of carbonyl (C=O) groups excluding carboxylic acids is 1. The first-order valence-corrected chi connectivity index (χ1v) is 9.57. The van der Waals surface area contributed by atoms with E-state index in [2.05, 4.69) is 9.46 Å². The molecule has 0 atom stereocenters. The van der Waals surface area contributed by atoms with Gasteiger partial charge in [-0.3, -0.25) is 9.48 Å². The standard InChI is InChI=1S/C20H19N3O4S/c1-12-8-13(2)18(14(3)9-12)11-23-19(20(25)22-28(26)27)17(10-21-23)15-4-6-16(24)7-5-15/h4-10,24H,11H2,1-3H3. The van der Waals surface area contributed by atoms with E-state index in [1.165, 1.54) is 23.0 Å². The van der Waals surface area contributed by atoms with Gasteiger partial charge in [0.15, 0.2) is 0 Å². The Hall–Kier alpha value is -3.26. The summed E-state index contributed by atoms with van der Waals surface area (Å²) >= 11 is 0. The Morgan fingerprint density at radius 3 is 2.29 bits per heavy atom. The van der Waals surface area contributed by atoms with Crippen LogP contribution in [0.4, 0.5) is 0 Å². The van der Waals surface area contributed by atoms with E-state index in [1.807, 2.05) is 32.9 Å². The van der Waals surface area contributed by atoms with Gasteiger partial charge in [-0.2, -0.15) is 13.5 Å². The number of hydrogen-bond donors (Lipinski definition) is 1. The molecule has 1 aromatic heterocycles. The zero-order chi connectivity index (χ0) is 20.4. The van der Waals surface area contributed by atoms with Crippen LogP contribution in [0.15, 0.2) is 47.0 Å². The van der Waals surface area contributed by atoms with Gasteiger partial charge in [0.2, 0.25) is 0 Å². The van der Waals surface area contributed by atoms with Crippen LogP contribution in [0.2, 0.25) is 0 Å². The van der Waals surface area contributed by atoms with Crippen molar-refractivity contribution in [3.8, 4) is 16.9 Å². The smallest absolute Gasteiger partial charge is 0.319 e. The third kappa shape index (κ3) is 4.01. The second kappa shape index (κ2) is 7.77. The first kappa shape index (κ1) is 19.5. The summed E-state index contributed by atoms with van der Waals surface area (Å²) in [5.74, 6) is -0.809. The highest BCUT2D eigenvalue weighted by Gasteiger charge is 2.21. The van der Waals surface area contributed by atoms with Crippen LogP contribution < -0.4 is 0 Å². The molecule has 0 aliphatic carbocycles. The van der Waals surface area contributed by atoms with Crippen LogP contribution >= 0.6 is 0 Å². The topological polar surface area (TPSA) is 102 Å². The Morgan fingerprint density at radius 2 is 1.71 bits per heavy atom. The van der Waals surface area contributed by atoms with E-state index in [0.717, 1.165) is 22.3 Å². The van der Waals surface area contributed by atoms with Crippen molar-refractivity contribution in [2.45, 2.75) is 27.3 Å². The number of rotatable bonds is 4. The summed E-state index contributed by atoms with van der Waals surface area (Å²) in [6, 6.07) is 10.3. The summed E-state index contributed by atoms with van der Waals surface area (Å²) in [5.41, 5.74) is 5.40. The molecule has 0 bridgehead atoms. The van der Waals surface area contributed by atoms with Crippen LogP contribution in [-0.4, -0.2) is 29.2 Å². The Bertz CT molecular complexity index is 1160. The SMILES string of the molecule is Cc1cc(C)c(Cn2ncc(-c3ccc(O)cc3)c2C(=O)N=S(=O)=O)c(C)c1. The molecule has 28 heavy (non-hydrogen) atoms. The Labute approximate surface area is 164 Å². The molecule has 0 aliphatic heterocycles. The molecule has 0 unspecified atom stereocenters. The van der Waals surface area contributed by atoms with Gasteiger partial charge in [-0.15, -0.1) is 0 Å². The molecule has 0 fully saturated rings. The largest absolute Gasteiger partial charge is 0.508 e. The predicted octanol–water partition coefficient (Wildman–Crippen LogP) is 3.43. The third-order valence-electron chi connectivity index (χ3n) is 4.53. The fourth-order valence-corrected chi connectivity index (χ4v) is 3.52. The van der Waals surface area contributed by atoms with Crippen LogP contribution in [-0.2, 0) is 17.0 Å². The molecule has 3 rings (SSSR count). The minimum absolute atomic E-state index is 0.0780. The first-order valence-electron chi connectivity index (χ1n) is 8.53. The van der Waals surface area contributed by atoms with Crippen molar-refractivity contribution in [2.24, 2.45) is 4.36 Å². The fraction of sp³-hybridized carbons (Fsp3) is 0.200. The average Bonchev–Trinajstić information content (AvgIpc) is 3.02. The van der Waals surface area contributed by atoms with Crippen molar-refractivity contribution in [1.82, 2.24) is 9.78 Å². The van der Waals surface area contributed by atoms with Crippen molar-refractivity contribution in [3.63, 3.8) is 0 Å². The number of phenols is 1. The summed E-state index contributed by atoms with van der Waals surface area (Å²) in [4.78, 5) is 12.5. The van der Waals surface area contributed by atoms with Gasteiger partial charge in [-0.1, -0.05) is 34.2 Å². The van der Waals surface area contributed by atoms with Gasteiger partial charge in [0.1, 0.15) is 11.4 Å². The minimum Gasteiger partial charge on any atom is -0.508 e. The first-order chi connectivity index (χ1) is 13.3. The lowest BCUT2D eigenvalue weighted by atomic mass is 9.99. The van der Waals surface area contributed by atoms with Gasteiger partial charge in [0.05, 0.1) is 12.7 Å². The highest BCUT2D eigenvalue weighted by Crippen LogP contribution is 2.27. The highest BCUT2D eigenvalue weighted by atomic mass is 32.2. The number of nitrogens with zero attached hydrogens (tertiary/aromatic N) is 3. The number of aryl methyl sites for hydroxylation is 3. The number of carbonyl (C=O) groups is 1. The molecule has 0 saturated carbocycles. The van der Waals surface area contributed by atoms with Crippen LogP contribution in [0.25, 0.3) is 11.1 Å². The predicted molar refractivity (Wildman–Crippen MR) is 105 cm³/mol. The highest BCUT2D eigenvalue weighted by molar-refractivity contribution is 7.62. The number of benzene rings is 2. The number of hydrogen-bond acceptors (Lipinski definition) is 5. The van der Waals surface area contributed by atoms with Crippen molar-refractivity contribution in [2.75, 3.05) is 0 Å². The van der Waals surface area contributed by atoms with Crippen molar-refractivity contribution in [1.29, 1.82) is 0 Å². The summed E-state index contributed by atoms with van der Waals surface area (Å²) < 4.78 is 26.5. The molecule has 7 nitrogen and oxygen atoms in total.